The van der Waals surface area contributed by atoms with E-state index >= 15 is 0 Å². The van der Waals surface area contributed by atoms with Crippen LogP contribution in [0.3, 0.4) is 0 Å². The van der Waals surface area contributed by atoms with Crippen molar-refractivity contribution in [2.45, 2.75) is 45.1 Å². The normalized spacial score (nSPS) is 22.4. The molecule has 1 aliphatic rings. The molecule has 1 saturated carbocycles. The maximum absolute atomic E-state index is 6.13. The molecular formula is C16H26N2O2. The van der Waals surface area contributed by atoms with Gasteiger partial charge in [0.15, 0.2) is 11.5 Å². The molecule has 0 heterocycles. The van der Waals surface area contributed by atoms with Gasteiger partial charge in [0.1, 0.15) is 0 Å². The zero-order valence-electron chi connectivity index (χ0n) is 12.7. The highest BCUT2D eigenvalue weighted by atomic mass is 16.5. The van der Waals surface area contributed by atoms with Gasteiger partial charge in [-0.15, -0.1) is 0 Å². The van der Waals surface area contributed by atoms with Crippen molar-refractivity contribution in [3.8, 4) is 11.5 Å². The number of nitrogens with two attached hydrogens (primary N) is 1. The van der Waals surface area contributed by atoms with Gasteiger partial charge in [0.05, 0.1) is 25.6 Å². The van der Waals surface area contributed by atoms with Gasteiger partial charge in [0.2, 0.25) is 0 Å². The lowest BCUT2D eigenvalue weighted by atomic mass is 9.83. The average Bonchev–Trinajstić information content (AvgIpc) is 2.49. The van der Waals surface area contributed by atoms with Gasteiger partial charge < -0.3 is 20.5 Å². The number of rotatable bonds is 5. The highest BCUT2D eigenvalue weighted by molar-refractivity contribution is 5.72. The summed E-state index contributed by atoms with van der Waals surface area (Å²) in [6, 6.07) is 4.27. The van der Waals surface area contributed by atoms with Crippen LogP contribution < -0.4 is 20.5 Å². The summed E-state index contributed by atoms with van der Waals surface area (Å²) in [5.41, 5.74) is 7.79. The SMILES string of the molecule is CCC1CCCCC1Nc1cc(OC)c(OC)cc1N. The first-order chi connectivity index (χ1) is 9.69. The minimum Gasteiger partial charge on any atom is -0.493 e. The first-order valence-corrected chi connectivity index (χ1v) is 7.47. The van der Waals surface area contributed by atoms with Crippen LogP contribution in [0.1, 0.15) is 39.0 Å². The lowest BCUT2D eigenvalue weighted by Gasteiger charge is -2.32. The van der Waals surface area contributed by atoms with E-state index in [0.717, 1.165) is 11.6 Å². The Kier molecular flexibility index (Phi) is 4.99. The van der Waals surface area contributed by atoms with Crippen LogP contribution in [0.5, 0.6) is 11.5 Å². The van der Waals surface area contributed by atoms with Crippen LogP contribution in [-0.2, 0) is 0 Å². The molecule has 1 aromatic carbocycles. The topological polar surface area (TPSA) is 56.5 Å². The van der Waals surface area contributed by atoms with Crippen molar-refractivity contribution in [2.75, 3.05) is 25.3 Å². The summed E-state index contributed by atoms with van der Waals surface area (Å²) < 4.78 is 10.6. The molecule has 2 unspecified atom stereocenters. The Balaban J connectivity index is 2.19. The van der Waals surface area contributed by atoms with Crippen LogP contribution in [0, 0.1) is 5.92 Å². The zero-order valence-corrected chi connectivity index (χ0v) is 12.7. The number of hydrogen-bond donors (Lipinski definition) is 2. The second-order valence-corrected chi connectivity index (χ2v) is 5.50. The molecular weight excluding hydrogens is 252 g/mol. The molecule has 4 heteroatoms. The molecule has 0 amide bonds. The number of nitrogen functional groups attached to an aromatic ring is 1. The highest BCUT2D eigenvalue weighted by Crippen LogP contribution is 2.37. The third-order valence-corrected chi connectivity index (χ3v) is 4.33. The van der Waals surface area contributed by atoms with Crippen molar-refractivity contribution in [3.63, 3.8) is 0 Å². The molecule has 0 spiro atoms. The molecule has 1 aliphatic carbocycles. The van der Waals surface area contributed by atoms with Crippen molar-refractivity contribution < 1.29 is 9.47 Å². The summed E-state index contributed by atoms with van der Waals surface area (Å²) in [6.45, 7) is 2.27. The lowest BCUT2D eigenvalue weighted by Crippen LogP contribution is -2.32. The summed E-state index contributed by atoms with van der Waals surface area (Å²) in [7, 11) is 3.27. The van der Waals surface area contributed by atoms with Gasteiger partial charge in [-0.1, -0.05) is 26.2 Å². The monoisotopic (exact) mass is 278 g/mol. The first kappa shape index (κ1) is 14.8. The Morgan fingerprint density at radius 2 is 1.80 bits per heavy atom. The molecule has 1 aromatic rings. The fraction of sp³-hybridized carbons (Fsp3) is 0.625. The Morgan fingerprint density at radius 1 is 1.15 bits per heavy atom. The molecule has 1 fully saturated rings. The highest BCUT2D eigenvalue weighted by Gasteiger charge is 2.24. The quantitative estimate of drug-likeness (QED) is 0.807. The molecule has 2 rings (SSSR count). The van der Waals surface area contributed by atoms with Gasteiger partial charge in [-0.2, -0.15) is 0 Å². The molecule has 0 saturated heterocycles. The number of hydrogen-bond acceptors (Lipinski definition) is 4. The molecule has 0 radical (unpaired) electrons. The Hall–Kier alpha value is -1.58. The van der Waals surface area contributed by atoms with Gasteiger partial charge in [0.25, 0.3) is 0 Å². The summed E-state index contributed by atoms with van der Waals surface area (Å²) >= 11 is 0. The maximum atomic E-state index is 6.13. The summed E-state index contributed by atoms with van der Waals surface area (Å²) in [5.74, 6) is 2.12. The number of methoxy groups -OCH3 is 2. The second kappa shape index (κ2) is 6.73. The number of nitrogens with one attached hydrogen (secondary N) is 1. The van der Waals surface area contributed by atoms with Crippen LogP contribution >= 0.6 is 0 Å². The predicted molar refractivity (Wildman–Crippen MR) is 83.6 cm³/mol. The van der Waals surface area contributed by atoms with E-state index in [4.69, 9.17) is 15.2 Å². The summed E-state index contributed by atoms with van der Waals surface area (Å²) in [6.07, 6.45) is 6.37. The third-order valence-electron chi connectivity index (χ3n) is 4.33. The van der Waals surface area contributed by atoms with Gasteiger partial charge in [0, 0.05) is 18.2 Å². The second-order valence-electron chi connectivity index (χ2n) is 5.50. The van der Waals surface area contributed by atoms with E-state index in [1.165, 1.54) is 32.1 Å². The van der Waals surface area contributed by atoms with Crippen LogP contribution in [0.25, 0.3) is 0 Å². The Labute approximate surface area is 121 Å². The standard InChI is InChI=1S/C16H26N2O2/c1-4-11-7-5-6-8-13(11)18-14-10-16(20-3)15(19-2)9-12(14)17/h9-11,13,18H,4-8,17H2,1-3H3. The van der Waals surface area contributed by atoms with Crippen LogP contribution in [-0.4, -0.2) is 20.3 Å². The van der Waals surface area contributed by atoms with Crippen molar-refractivity contribution >= 4 is 11.4 Å². The minimum atomic E-state index is 0.508. The van der Waals surface area contributed by atoms with E-state index in [1.54, 1.807) is 14.2 Å². The maximum Gasteiger partial charge on any atom is 0.162 e. The van der Waals surface area contributed by atoms with Gasteiger partial charge in [-0.3, -0.25) is 0 Å². The van der Waals surface area contributed by atoms with Crippen molar-refractivity contribution in [1.82, 2.24) is 0 Å². The fourth-order valence-electron chi connectivity index (χ4n) is 3.11. The van der Waals surface area contributed by atoms with Crippen LogP contribution in [0.2, 0.25) is 0 Å². The van der Waals surface area contributed by atoms with Gasteiger partial charge in [-0.05, 0) is 18.8 Å². The molecule has 0 aromatic heterocycles. The van der Waals surface area contributed by atoms with E-state index < -0.39 is 0 Å². The van der Waals surface area contributed by atoms with Crippen molar-refractivity contribution in [3.05, 3.63) is 12.1 Å². The van der Waals surface area contributed by atoms with Crippen molar-refractivity contribution in [2.24, 2.45) is 5.92 Å². The molecule has 3 N–H and O–H groups in total. The summed E-state index contributed by atoms with van der Waals surface area (Å²) in [4.78, 5) is 0. The van der Waals surface area contributed by atoms with E-state index in [9.17, 15) is 0 Å². The smallest absolute Gasteiger partial charge is 0.162 e. The van der Waals surface area contributed by atoms with Crippen molar-refractivity contribution in [1.29, 1.82) is 0 Å². The number of ether oxygens (including phenoxy) is 2. The van der Waals surface area contributed by atoms with E-state index in [2.05, 4.69) is 12.2 Å². The number of benzene rings is 1. The Bertz CT molecular complexity index is 448. The molecule has 0 aliphatic heterocycles. The molecule has 4 nitrogen and oxygen atoms in total. The van der Waals surface area contributed by atoms with Gasteiger partial charge >= 0.3 is 0 Å². The molecule has 2 atom stereocenters. The van der Waals surface area contributed by atoms with E-state index in [-0.39, 0.29) is 0 Å². The summed E-state index contributed by atoms with van der Waals surface area (Å²) in [5, 5.41) is 3.62. The van der Waals surface area contributed by atoms with E-state index in [1.807, 2.05) is 12.1 Å². The fourth-order valence-corrected chi connectivity index (χ4v) is 3.11. The van der Waals surface area contributed by atoms with Crippen LogP contribution in [0.15, 0.2) is 12.1 Å². The Morgan fingerprint density at radius 3 is 2.45 bits per heavy atom. The zero-order chi connectivity index (χ0) is 14.5. The predicted octanol–water partition coefficient (Wildman–Crippen LogP) is 3.67. The molecule has 20 heavy (non-hydrogen) atoms. The lowest BCUT2D eigenvalue weighted by molar-refractivity contribution is 0.317. The molecule has 0 bridgehead atoms. The average molecular weight is 278 g/mol. The number of anilines is 2. The van der Waals surface area contributed by atoms with Crippen LogP contribution in [0.4, 0.5) is 11.4 Å². The molecule has 112 valence electrons. The first-order valence-electron chi connectivity index (χ1n) is 7.47. The van der Waals surface area contributed by atoms with Gasteiger partial charge in [-0.25, -0.2) is 0 Å². The largest absolute Gasteiger partial charge is 0.493 e. The third kappa shape index (κ3) is 3.11. The van der Waals surface area contributed by atoms with E-state index in [0.29, 0.717) is 23.2 Å². The minimum absolute atomic E-state index is 0.508.